The molecule has 3 heterocycles. The Balaban J connectivity index is 0.00000216. The number of ether oxygens (including phenoxy) is 1. The second-order valence-corrected chi connectivity index (χ2v) is 7.53. The van der Waals surface area contributed by atoms with Crippen LogP contribution >= 0.6 is 0 Å². The molecule has 11 heteroatoms. The van der Waals surface area contributed by atoms with E-state index in [9.17, 15) is 8.78 Å². The zero-order valence-corrected chi connectivity index (χ0v) is 18.5. The molecule has 0 aliphatic heterocycles. The van der Waals surface area contributed by atoms with E-state index in [1.54, 1.807) is 43.1 Å². The monoisotopic (exact) mass is 460 g/mol. The topological polar surface area (TPSA) is 106 Å². The standard InChI is InChI=1S/C22H24F2N8O.3H2/c1-13(15-6-5-14(23)11-16(15)24)27-18-12-17(28-22(29-18)31(2)9-10-33-3)19-20(25)30-32-8-4-7-26-21(19)32;;;/h4-8,11-13H,9-10H2,1-3H3,(H2,25,30)(H,27,28,29);3*1H/t13-;;;/m0.../s1. The Morgan fingerprint density at radius 3 is 2.85 bits per heavy atom. The third-order valence-electron chi connectivity index (χ3n) is 5.16. The number of halogens is 2. The van der Waals surface area contributed by atoms with Crippen molar-refractivity contribution in [2.75, 3.05) is 43.3 Å². The van der Waals surface area contributed by atoms with Gasteiger partial charge in [0.2, 0.25) is 5.95 Å². The molecule has 0 spiro atoms. The normalized spacial score (nSPS) is 12.2. The Kier molecular flexibility index (Phi) is 6.31. The summed E-state index contributed by atoms with van der Waals surface area (Å²) in [6, 6.07) is 6.44. The van der Waals surface area contributed by atoms with Gasteiger partial charge in [0.1, 0.15) is 17.5 Å². The first kappa shape index (κ1) is 22.3. The molecule has 9 nitrogen and oxygen atoms in total. The van der Waals surface area contributed by atoms with Crippen LogP contribution in [-0.2, 0) is 4.74 Å². The van der Waals surface area contributed by atoms with E-state index in [4.69, 9.17) is 10.5 Å². The molecule has 0 radical (unpaired) electrons. The van der Waals surface area contributed by atoms with E-state index < -0.39 is 17.7 Å². The summed E-state index contributed by atoms with van der Waals surface area (Å²) in [5.41, 5.74) is 8.11. The molecule has 1 atom stereocenters. The fourth-order valence-corrected chi connectivity index (χ4v) is 3.44. The Bertz CT molecular complexity index is 1290. The molecular weight excluding hydrogens is 430 g/mol. The minimum atomic E-state index is -0.641. The van der Waals surface area contributed by atoms with E-state index in [1.165, 1.54) is 12.1 Å². The number of likely N-dealkylation sites (N-methyl/N-ethyl adjacent to an activating group) is 1. The molecule has 0 saturated heterocycles. The summed E-state index contributed by atoms with van der Waals surface area (Å²) < 4.78 is 34.4. The number of rotatable bonds is 8. The van der Waals surface area contributed by atoms with Crippen LogP contribution in [0.25, 0.3) is 16.9 Å². The number of hydrogen-bond acceptors (Lipinski definition) is 8. The van der Waals surface area contributed by atoms with E-state index >= 15 is 0 Å². The van der Waals surface area contributed by atoms with Crippen molar-refractivity contribution < 1.29 is 17.8 Å². The first-order valence-corrected chi connectivity index (χ1v) is 10.3. The predicted octanol–water partition coefficient (Wildman–Crippen LogP) is 4.04. The quantitative estimate of drug-likeness (QED) is 0.406. The van der Waals surface area contributed by atoms with Gasteiger partial charge in [0, 0.05) is 55.1 Å². The highest BCUT2D eigenvalue weighted by atomic mass is 19.1. The van der Waals surface area contributed by atoms with Gasteiger partial charge in [0.25, 0.3) is 0 Å². The minimum absolute atomic E-state index is 0. The molecule has 0 bridgehead atoms. The fraction of sp³-hybridized carbons (Fsp3) is 0.273. The van der Waals surface area contributed by atoms with Crippen LogP contribution in [0.1, 0.15) is 22.8 Å². The second-order valence-electron chi connectivity index (χ2n) is 7.53. The van der Waals surface area contributed by atoms with Crippen molar-refractivity contribution in [3.05, 3.63) is 59.9 Å². The Morgan fingerprint density at radius 2 is 2.09 bits per heavy atom. The van der Waals surface area contributed by atoms with E-state index in [0.717, 1.165) is 6.07 Å². The molecule has 178 valence electrons. The molecule has 0 saturated carbocycles. The number of methoxy groups -OCH3 is 1. The van der Waals surface area contributed by atoms with Crippen molar-refractivity contribution >= 4 is 23.2 Å². The van der Waals surface area contributed by atoms with E-state index in [0.29, 0.717) is 47.4 Å². The van der Waals surface area contributed by atoms with Gasteiger partial charge in [-0.2, -0.15) is 4.98 Å². The maximum Gasteiger partial charge on any atom is 0.227 e. The van der Waals surface area contributed by atoms with Crippen molar-refractivity contribution in [3.8, 4) is 11.3 Å². The SMILES string of the molecule is COCCN(C)c1nc(N[C@@H](C)c2ccc(F)cc2F)cc(-c2c(N)nn3cccnc23)n1.[HH].[HH].[HH]. The van der Waals surface area contributed by atoms with Crippen LogP contribution in [0, 0.1) is 11.6 Å². The molecule has 4 rings (SSSR count). The van der Waals surface area contributed by atoms with Crippen LogP contribution in [0.4, 0.5) is 26.4 Å². The number of nitrogen functional groups attached to an aromatic ring is 1. The average Bonchev–Trinajstić information content (AvgIpc) is 3.12. The van der Waals surface area contributed by atoms with Crippen molar-refractivity contribution in [1.82, 2.24) is 24.6 Å². The summed E-state index contributed by atoms with van der Waals surface area (Å²) in [6.45, 7) is 2.78. The van der Waals surface area contributed by atoms with Crippen molar-refractivity contribution in [2.24, 2.45) is 0 Å². The number of nitrogens with zero attached hydrogens (tertiary/aromatic N) is 6. The molecule has 33 heavy (non-hydrogen) atoms. The zero-order chi connectivity index (χ0) is 23.5. The average molecular weight is 461 g/mol. The van der Waals surface area contributed by atoms with Crippen LogP contribution in [-0.4, -0.2) is 51.9 Å². The minimum Gasteiger partial charge on any atom is -0.383 e. The van der Waals surface area contributed by atoms with E-state index in [2.05, 4.69) is 25.4 Å². The Hall–Kier alpha value is -3.86. The summed E-state index contributed by atoms with van der Waals surface area (Å²) in [7, 11) is 3.45. The first-order chi connectivity index (χ1) is 15.9. The van der Waals surface area contributed by atoms with Gasteiger partial charge in [-0.15, -0.1) is 5.10 Å². The number of nitrogens with two attached hydrogens (primary N) is 1. The number of hydrogen-bond donors (Lipinski definition) is 2. The molecule has 3 N–H and O–H groups in total. The Morgan fingerprint density at radius 1 is 1.27 bits per heavy atom. The number of nitrogens with one attached hydrogen (secondary N) is 1. The Labute approximate surface area is 193 Å². The lowest BCUT2D eigenvalue weighted by atomic mass is 10.1. The zero-order valence-electron chi connectivity index (χ0n) is 18.5. The van der Waals surface area contributed by atoms with Gasteiger partial charge in [-0.25, -0.2) is 23.3 Å². The number of aromatic nitrogens is 5. The number of benzene rings is 1. The highest BCUT2D eigenvalue weighted by Gasteiger charge is 2.20. The molecular formula is C22H30F2N8O. The highest BCUT2D eigenvalue weighted by Crippen LogP contribution is 2.31. The van der Waals surface area contributed by atoms with Crippen LogP contribution in [0.3, 0.4) is 0 Å². The van der Waals surface area contributed by atoms with Gasteiger partial charge in [-0.3, -0.25) is 0 Å². The van der Waals surface area contributed by atoms with Crippen molar-refractivity contribution in [2.45, 2.75) is 13.0 Å². The van der Waals surface area contributed by atoms with E-state index in [-0.39, 0.29) is 10.1 Å². The van der Waals surface area contributed by atoms with Gasteiger partial charge in [-0.05, 0) is 19.1 Å². The molecule has 3 aromatic heterocycles. The van der Waals surface area contributed by atoms with Gasteiger partial charge in [0.15, 0.2) is 11.5 Å². The smallest absolute Gasteiger partial charge is 0.227 e. The third kappa shape index (κ3) is 4.67. The summed E-state index contributed by atoms with van der Waals surface area (Å²) in [5, 5.41) is 7.48. The lowest BCUT2D eigenvalue weighted by molar-refractivity contribution is 0.206. The van der Waals surface area contributed by atoms with Crippen molar-refractivity contribution in [1.29, 1.82) is 0 Å². The molecule has 0 fully saturated rings. The summed E-state index contributed by atoms with van der Waals surface area (Å²) in [6.07, 6.45) is 3.39. The third-order valence-corrected chi connectivity index (χ3v) is 5.16. The largest absolute Gasteiger partial charge is 0.383 e. The second kappa shape index (κ2) is 9.33. The fourth-order valence-electron chi connectivity index (χ4n) is 3.44. The number of anilines is 3. The molecule has 0 aliphatic carbocycles. The van der Waals surface area contributed by atoms with Gasteiger partial charge < -0.3 is 20.7 Å². The highest BCUT2D eigenvalue weighted by molar-refractivity contribution is 5.85. The maximum atomic E-state index is 14.3. The van der Waals surface area contributed by atoms with E-state index in [1.807, 2.05) is 11.9 Å². The lowest BCUT2D eigenvalue weighted by Gasteiger charge is -2.20. The van der Waals surface area contributed by atoms with Crippen LogP contribution in [0.5, 0.6) is 0 Å². The molecule has 1 aromatic carbocycles. The maximum absolute atomic E-state index is 14.3. The van der Waals surface area contributed by atoms with Gasteiger partial charge in [0.05, 0.1) is 23.9 Å². The van der Waals surface area contributed by atoms with Gasteiger partial charge in [-0.1, -0.05) is 6.07 Å². The summed E-state index contributed by atoms with van der Waals surface area (Å²) >= 11 is 0. The van der Waals surface area contributed by atoms with Gasteiger partial charge >= 0.3 is 0 Å². The van der Waals surface area contributed by atoms with Crippen LogP contribution < -0.4 is 16.0 Å². The summed E-state index contributed by atoms with van der Waals surface area (Å²) in [5.74, 6) is -0.163. The lowest BCUT2D eigenvalue weighted by Crippen LogP contribution is -2.25. The van der Waals surface area contributed by atoms with Crippen LogP contribution in [0.2, 0.25) is 0 Å². The summed E-state index contributed by atoms with van der Waals surface area (Å²) in [4.78, 5) is 15.5. The molecule has 0 aliphatic rings. The first-order valence-electron chi connectivity index (χ1n) is 10.3. The van der Waals surface area contributed by atoms with Crippen LogP contribution in [0.15, 0.2) is 42.7 Å². The molecule has 4 aromatic rings. The predicted molar refractivity (Wildman–Crippen MR) is 128 cm³/mol. The van der Waals surface area contributed by atoms with Crippen molar-refractivity contribution in [3.63, 3.8) is 0 Å². The molecule has 0 unspecified atom stereocenters. The number of fused-ring (bicyclic) bond motifs is 1. The molecule has 0 amide bonds.